The van der Waals surface area contributed by atoms with Crippen LogP contribution in [0.25, 0.3) is 22.3 Å². The van der Waals surface area contributed by atoms with Gasteiger partial charge in [-0.05, 0) is 110 Å². The number of likely N-dealkylation sites (tertiary alicyclic amines) is 1. The molecule has 2 fully saturated rings. The molecule has 0 radical (unpaired) electrons. The van der Waals surface area contributed by atoms with Gasteiger partial charge in [-0.15, -0.1) is 0 Å². The number of fused-ring (bicyclic) bond motifs is 2. The zero-order chi connectivity index (χ0) is 34.8. The average molecular weight is 686 g/mol. The Balaban J connectivity index is 1.28. The number of imidazole rings is 1. The third-order valence-corrected chi connectivity index (χ3v) is 11.1. The lowest BCUT2D eigenvalue weighted by molar-refractivity contribution is -0.123. The van der Waals surface area contributed by atoms with Crippen LogP contribution in [0.1, 0.15) is 95.6 Å². The summed E-state index contributed by atoms with van der Waals surface area (Å²) in [4.78, 5) is 41.1. The molecule has 2 N–H and O–H groups in total. The van der Waals surface area contributed by atoms with Crippen LogP contribution >= 0.6 is 11.6 Å². The van der Waals surface area contributed by atoms with Gasteiger partial charge in [0.05, 0.1) is 39.2 Å². The van der Waals surface area contributed by atoms with Gasteiger partial charge < -0.3 is 20.1 Å². The van der Waals surface area contributed by atoms with Crippen molar-refractivity contribution < 1.29 is 14.0 Å². The van der Waals surface area contributed by atoms with E-state index in [-0.39, 0.29) is 39.8 Å². The third-order valence-electron chi connectivity index (χ3n) is 10.8. The topological polar surface area (TPSA) is 95.4 Å². The molecule has 1 saturated heterocycles. The van der Waals surface area contributed by atoms with Crippen LogP contribution in [0.15, 0.2) is 42.7 Å². The summed E-state index contributed by atoms with van der Waals surface area (Å²) in [5, 5.41) is 5.93. The number of benzene rings is 2. The van der Waals surface area contributed by atoms with Crippen molar-refractivity contribution in [2.24, 2.45) is 0 Å². The van der Waals surface area contributed by atoms with Gasteiger partial charge >= 0.3 is 0 Å². The lowest BCUT2D eigenvalue weighted by atomic mass is 9.71. The lowest BCUT2D eigenvalue weighted by Gasteiger charge is -2.55. The van der Waals surface area contributed by atoms with Crippen molar-refractivity contribution in [3.05, 3.63) is 64.7 Å². The van der Waals surface area contributed by atoms with E-state index in [0.717, 1.165) is 48.8 Å². The SMILES string of the molecule is CCNC(=O)c1cc(Nc2nc(-c3ccc4c(c3)N([C@H]3C[C@@](C)(N5CCCCC5)C3)C(=O)C4(C)C)cc3ncn(C(C)C)c23)c(F)cc1Cl. The zero-order valence-corrected chi connectivity index (χ0v) is 29.9. The molecule has 2 aliphatic heterocycles. The minimum absolute atomic E-state index is 0.0240. The summed E-state index contributed by atoms with van der Waals surface area (Å²) in [5.41, 5.74) is 4.51. The Morgan fingerprint density at radius 3 is 2.51 bits per heavy atom. The number of carbonyl (C=O) groups excluding carboxylic acids is 2. The standard InChI is InChI=1S/C38H45ClFN7O2/c1-7-41-35(48)25-16-30(28(40)17-27(25)39)44-34-33-31(42-21-46(33)22(2)3)18-29(43-34)23-11-12-26-32(15-23)47(36(49)37(26,4)5)24-19-38(6,20-24)45-13-9-8-10-14-45/h11-12,15-18,21-22,24H,7-10,13-14,19-20H2,1-6H3,(H,41,48)(H,43,44)/t24-,38+. The lowest BCUT2D eigenvalue weighted by Crippen LogP contribution is -2.64. The maximum atomic E-state index is 15.4. The number of hydrogen-bond donors (Lipinski definition) is 2. The monoisotopic (exact) mass is 685 g/mol. The predicted molar refractivity (Wildman–Crippen MR) is 193 cm³/mol. The smallest absolute Gasteiger partial charge is 0.252 e. The van der Waals surface area contributed by atoms with Crippen LogP contribution in [0, 0.1) is 5.82 Å². The molecule has 2 amide bonds. The minimum atomic E-state index is -0.640. The Morgan fingerprint density at radius 1 is 1.08 bits per heavy atom. The first kappa shape index (κ1) is 33.5. The van der Waals surface area contributed by atoms with E-state index in [1.165, 1.54) is 25.3 Å². The fourth-order valence-corrected chi connectivity index (χ4v) is 8.26. The Labute approximate surface area is 292 Å². The Kier molecular flexibility index (Phi) is 8.46. The summed E-state index contributed by atoms with van der Waals surface area (Å²) in [6.45, 7) is 14.9. The maximum absolute atomic E-state index is 15.4. The molecule has 1 aliphatic carbocycles. The van der Waals surface area contributed by atoms with Gasteiger partial charge in [0.1, 0.15) is 11.3 Å². The fraction of sp³-hybridized carbons (Fsp3) is 0.474. The largest absolute Gasteiger partial charge is 0.352 e. The molecule has 2 aromatic carbocycles. The summed E-state index contributed by atoms with van der Waals surface area (Å²) in [7, 11) is 0. The molecule has 258 valence electrons. The van der Waals surface area contributed by atoms with Gasteiger partial charge in [0.25, 0.3) is 5.91 Å². The first-order valence-electron chi connectivity index (χ1n) is 17.5. The third kappa shape index (κ3) is 5.66. The van der Waals surface area contributed by atoms with Crippen LogP contribution in [0.3, 0.4) is 0 Å². The van der Waals surface area contributed by atoms with E-state index in [9.17, 15) is 9.59 Å². The van der Waals surface area contributed by atoms with Crippen LogP contribution in [-0.4, -0.2) is 62.5 Å². The second-order valence-electron chi connectivity index (χ2n) is 14.9. The Bertz CT molecular complexity index is 1960. The van der Waals surface area contributed by atoms with E-state index in [2.05, 4.69) is 28.5 Å². The van der Waals surface area contributed by atoms with E-state index in [4.69, 9.17) is 21.6 Å². The molecule has 0 unspecified atom stereocenters. The maximum Gasteiger partial charge on any atom is 0.252 e. The molecule has 0 bridgehead atoms. The Morgan fingerprint density at radius 2 is 1.82 bits per heavy atom. The molecule has 4 heterocycles. The molecule has 3 aliphatic rings. The highest BCUT2D eigenvalue weighted by Gasteiger charge is 2.54. The van der Waals surface area contributed by atoms with E-state index >= 15 is 4.39 Å². The summed E-state index contributed by atoms with van der Waals surface area (Å²) < 4.78 is 17.4. The van der Waals surface area contributed by atoms with Crippen molar-refractivity contribution in [3.8, 4) is 11.3 Å². The molecule has 7 rings (SSSR count). The van der Waals surface area contributed by atoms with Gasteiger partial charge in [-0.1, -0.05) is 30.2 Å². The van der Waals surface area contributed by atoms with Crippen LogP contribution in [-0.2, 0) is 10.2 Å². The van der Waals surface area contributed by atoms with Crippen LogP contribution in [0.2, 0.25) is 5.02 Å². The number of nitrogens with zero attached hydrogens (tertiary/aromatic N) is 5. The molecule has 2 aromatic heterocycles. The molecule has 0 atom stereocenters. The van der Waals surface area contributed by atoms with Gasteiger partial charge in [-0.3, -0.25) is 14.5 Å². The minimum Gasteiger partial charge on any atom is -0.352 e. The van der Waals surface area contributed by atoms with Gasteiger partial charge in [0.15, 0.2) is 5.82 Å². The fourth-order valence-electron chi connectivity index (χ4n) is 8.03. The van der Waals surface area contributed by atoms with Gasteiger partial charge in [-0.2, -0.15) is 0 Å². The van der Waals surface area contributed by atoms with Crippen molar-refractivity contribution in [1.29, 1.82) is 0 Å². The summed E-state index contributed by atoms with van der Waals surface area (Å²) >= 11 is 6.28. The summed E-state index contributed by atoms with van der Waals surface area (Å²) in [5.74, 6) is -0.475. The number of carbonyl (C=O) groups is 2. The van der Waals surface area contributed by atoms with Gasteiger partial charge in [0, 0.05) is 35.4 Å². The second-order valence-corrected chi connectivity index (χ2v) is 15.3. The highest BCUT2D eigenvalue weighted by atomic mass is 35.5. The van der Waals surface area contributed by atoms with E-state index in [1.807, 2.05) is 62.3 Å². The van der Waals surface area contributed by atoms with Crippen molar-refractivity contribution in [1.82, 2.24) is 24.8 Å². The highest BCUT2D eigenvalue weighted by Crippen LogP contribution is 2.50. The van der Waals surface area contributed by atoms with Crippen LogP contribution in [0.5, 0.6) is 0 Å². The first-order chi connectivity index (χ1) is 23.3. The second kappa shape index (κ2) is 12.4. The van der Waals surface area contributed by atoms with E-state index in [1.54, 1.807) is 6.33 Å². The van der Waals surface area contributed by atoms with E-state index in [0.29, 0.717) is 29.1 Å². The molecular formula is C38H45ClFN7O2. The predicted octanol–water partition coefficient (Wildman–Crippen LogP) is 8.00. The number of piperidine rings is 1. The number of pyridine rings is 1. The van der Waals surface area contributed by atoms with Crippen LogP contribution in [0.4, 0.5) is 21.6 Å². The average Bonchev–Trinajstić information content (AvgIpc) is 3.58. The quantitative estimate of drug-likeness (QED) is 0.195. The number of amides is 2. The van der Waals surface area contributed by atoms with Crippen molar-refractivity contribution in [3.63, 3.8) is 0 Å². The number of aromatic nitrogens is 3. The van der Waals surface area contributed by atoms with Gasteiger partial charge in [0.2, 0.25) is 5.91 Å². The van der Waals surface area contributed by atoms with Crippen LogP contribution < -0.4 is 15.5 Å². The van der Waals surface area contributed by atoms with Gasteiger partial charge in [-0.25, -0.2) is 14.4 Å². The first-order valence-corrected chi connectivity index (χ1v) is 17.9. The van der Waals surface area contributed by atoms with E-state index < -0.39 is 17.1 Å². The van der Waals surface area contributed by atoms with Crippen molar-refractivity contribution in [2.75, 3.05) is 29.9 Å². The number of halogens is 2. The molecule has 49 heavy (non-hydrogen) atoms. The number of anilines is 3. The summed E-state index contributed by atoms with van der Waals surface area (Å²) in [6, 6.07) is 10.8. The molecule has 1 saturated carbocycles. The summed E-state index contributed by atoms with van der Waals surface area (Å²) in [6.07, 6.45) is 7.44. The number of nitrogens with one attached hydrogen (secondary N) is 2. The molecule has 11 heteroatoms. The van der Waals surface area contributed by atoms with Crippen molar-refractivity contribution >= 4 is 51.6 Å². The number of hydrogen-bond acceptors (Lipinski definition) is 6. The molecule has 9 nitrogen and oxygen atoms in total. The normalized spacial score (nSPS) is 22.0. The molecular weight excluding hydrogens is 641 g/mol. The molecule has 4 aromatic rings. The zero-order valence-electron chi connectivity index (χ0n) is 29.2. The Hall–Kier alpha value is -4.02. The molecule has 0 spiro atoms. The highest BCUT2D eigenvalue weighted by molar-refractivity contribution is 6.34. The number of rotatable bonds is 8. The van der Waals surface area contributed by atoms with Crippen molar-refractivity contribution in [2.45, 2.75) is 96.7 Å².